The molecule has 0 aliphatic carbocycles. The summed E-state index contributed by atoms with van der Waals surface area (Å²) in [5.74, 6) is 0.813. The van der Waals surface area contributed by atoms with Crippen molar-refractivity contribution in [1.82, 2.24) is 19.7 Å². The molecule has 0 radical (unpaired) electrons. The molecule has 1 fully saturated rings. The van der Waals surface area contributed by atoms with E-state index in [4.69, 9.17) is 0 Å². The summed E-state index contributed by atoms with van der Waals surface area (Å²) < 4.78 is 2.21. The Balaban J connectivity index is 1.43. The molecule has 1 aromatic carbocycles. The van der Waals surface area contributed by atoms with Crippen LogP contribution in [0.4, 0.5) is 5.82 Å². The van der Waals surface area contributed by atoms with E-state index in [1.165, 1.54) is 10.7 Å². The van der Waals surface area contributed by atoms with E-state index < -0.39 is 0 Å². The van der Waals surface area contributed by atoms with E-state index in [1.54, 1.807) is 17.2 Å². The van der Waals surface area contributed by atoms with Crippen LogP contribution in [0, 0.1) is 0 Å². The molecule has 7 nitrogen and oxygen atoms in total. The van der Waals surface area contributed by atoms with Crippen molar-refractivity contribution in [3.8, 4) is 11.3 Å². The lowest BCUT2D eigenvalue weighted by molar-refractivity contribution is -0.132. The molecule has 8 heteroatoms. The maximum absolute atomic E-state index is 12.7. The molecule has 4 rings (SSSR count). The predicted octanol–water partition coefficient (Wildman–Crippen LogP) is 2.42. The first-order valence-electron chi connectivity index (χ1n) is 9.38. The first kappa shape index (κ1) is 19.3. The van der Waals surface area contributed by atoms with Crippen molar-refractivity contribution in [3.05, 3.63) is 75.6 Å². The monoisotopic (exact) mass is 453 g/mol. The molecular weight excluding hydrogens is 434 g/mol. The molecule has 2 aromatic heterocycles. The lowest BCUT2D eigenvalue weighted by Crippen LogP contribution is -2.50. The van der Waals surface area contributed by atoms with Crippen molar-refractivity contribution >= 4 is 27.7 Å². The maximum atomic E-state index is 12.7. The first-order valence-corrected chi connectivity index (χ1v) is 10.2. The van der Waals surface area contributed by atoms with Gasteiger partial charge in [-0.25, -0.2) is 9.67 Å². The molecule has 1 saturated heterocycles. The minimum absolute atomic E-state index is 0.0627. The maximum Gasteiger partial charge on any atom is 0.267 e. The van der Waals surface area contributed by atoms with Crippen LogP contribution in [-0.2, 0) is 11.3 Å². The van der Waals surface area contributed by atoms with E-state index in [0.29, 0.717) is 31.9 Å². The van der Waals surface area contributed by atoms with Crippen molar-refractivity contribution in [3.63, 3.8) is 0 Å². The third kappa shape index (κ3) is 4.54. The second-order valence-electron chi connectivity index (χ2n) is 6.78. The molecule has 3 heterocycles. The zero-order valence-corrected chi connectivity index (χ0v) is 17.3. The fourth-order valence-electron chi connectivity index (χ4n) is 3.29. The number of carbonyl (C=O) groups excluding carboxylic acids is 1. The molecule has 1 aliphatic rings. The quantitative estimate of drug-likeness (QED) is 0.606. The van der Waals surface area contributed by atoms with Crippen LogP contribution in [0.15, 0.2) is 70.1 Å². The summed E-state index contributed by atoms with van der Waals surface area (Å²) in [7, 11) is 0. The second-order valence-corrected chi connectivity index (χ2v) is 7.69. The van der Waals surface area contributed by atoms with E-state index in [-0.39, 0.29) is 18.0 Å². The molecule has 0 unspecified atom stereocenters. The Bertz CT molecular complexity index is 1040. The molecule has 29 heavy (non-hydrogen) atoms. The van der Waals surface area contributed by atoms with Crippen LogP contribution < -0.4 is 10.5 Å². The summed E-state index contributed by atoms with van der Waals surface area (Å²) in [6.45, 7) is 2.55. The number of halogens is 1. The highest BCUT2D eigenvalue weighted by Gasteiger charge is 2.22. The van der Waals surface area contributed by atoms with Gasteiger partial charge in [-0.2, -0.15) is 5.10 Å². The highest BCUT2D eigenvalue weighted by atomic mass is 79.9. The molecule has 0 atom stereocenters. The predicted molar refractivity (Wildman–Crippen MR) is 115 cm³/mol. The molecule has 1 amide bonds. The third-order valence-electron chi connectivity index (χ3n) is 4.90. The normalized spacial score (nSPS) is 14.1. The summed E-state index contributed by atoms with van der Waals surface area (Å²) in [5.41, 5.74) is 1.26. The highest BCUT2D eigenvalue weighted by Crippen LogP contribution is 2.19. The molecule has 0 spiro atoms. The van der Waals surface area contributed by atoms with Gasteiger partial charge in [-0.05, 0) is 30.3 Å². The summed E-state index contributed by atoms with van der Waals surface area (Å²) in [5, 5.41) is 4.39. The second kappa shape index (κ2) is 8.57. The van der Waals surface area contributed by atoms with Gasteiger partial charge in [0.05, 0.1) is 5.69 Å². The van der Waals surface area contributed by atoms with Gasteiger partial charge >= 0.3 is 0 Å². The number of pyridine rings is 1. The number of amides is 1. The number of benzene rings is 1. The zero-order chi connectivity index (χ0) is 20.2. The fraction of sp³-hybridized carbons (Fsp3) is 0.238. The van der Waals surface area contributed by atoms with E-state index in [2.05, 4.69) is 30.9 Å². The molecule has 0 saturated carbocycles. The first-order chi connectivity index (χ1) is 14.1. The van der Waals surface area contributed by atoms with E-state index in [1.807, 2.05) is 42.5 Å². The van der Waals surface area contributed by atoms with E-state index >= 15 is 0 Å². The van der Waals surface area contributed by atoms with Crippen molar-refractivity contribution in [2.75, 3.05) is 31.1 Å². The molecular formula is C21H20BrN5O2. The van der Waals surface area contributed by atoms with Crippen LogP contribution in [0.2, 0.25) is 0 Å². The van der Waals surface area contributed by atoms with E-state index in [0.717, 1.165) is 15.9 Å². The van der Waals surface area contributed by atoms with Gasteiger partial charge in [-0.15, -0.1) is 0 Å². The van der Waals surface area contributed by atoms with Gasteiger partial charge in [0.25, 0.3) is 5.56 Å². The van der Waals surface area contributed by atoms with Crippen LogP contribution in [0.3, 0.4) is 0 Å². The average Bonchev–Trinajstić information content (AvgIpc) is 2.76. The molecule has 148 valence electrons. The Morgan fingerprint density at radius 2 is 1.72 bits per heavy atom. The minimum atomic E-state index is -0.286. The van der Waals surface area contributed by atoms with Crippen molar-refractivity contribution in [2.45, 2.75) is 6.54 Å². The van der Waals surface area contributed by atoms with Crippen molar-refractivity contribution < 1.29 is 4.79 Å². The summed E-state index contributed by atoms with van der Waals surface area (Å²) in [6.07, 6.45) is 1.77. The highest BCUT2D eigenvalue weighted by molar-refractivity contribution is 9.10. The lowest BCUT2D eigenvalue weighted by atomic mass is 10.1. The summed E-state index contributed by atoms with van der Waals surface area (Å²) in [4.78, 5) is 33.3. The number of anilines is 1. The van der Waals surface area contributed by atoms with Gasteiger partial charge < -0.3 is 9.80 Å². The van der Waals surface area contributed by atoms with Gasteiger partial charge in [-0.3, -0.25) is 9.59 Å². The molecule has 0 N–H and O–H groups in total. The van der Waals surface area contributed by atoms with Gasteiger partial charge in [0, 0.05) is 48.5 Å². The number of aromatic nitrogens is 3. The lowest BCUT2D eigenvalue weighted by Gasteiger charge is -2.35. The van der Waals surface area contributed by atoms with Crippen LogP contribution in [0.25, 0.3) is 11.3 Å². The van der Waals surface area contributed by atoms with Crippen molar-refractivity contribution in [2.24, 2.45) is 0 Å². The number of carbonyl (C=O) groups is 1. The Hall–Kier alpha value is -3.00. The van der Waals surface area contributed by atoms with Gasteiger partial charge in [0.15, 0.2) is 0 Å². The van der Waals surface area contributed by atoms with Gasteiger partial charge in [0.1, 0.15) is 12.4 Å². The number of rotatable bonds is 4. The molecule has 3 aromatic rings. The van der Waals surface area contributed by atoms with Gasteiger partial charge in [0.2, 0.25) is 5.91 Å². The zero-order valence-electron chi connectivity index (χ0n) is 15.7. The van der Waals surface area contributed by atoms with Gasteiger partial charge in [-0.1, -0.05) is 34.1 Å². The number of nitrogens with zero attached hydrogens (tertiary/aromatic N) is 5. The molecule has 0 bridgehead atoms. The number of hydrogen-bond donors (Lipinski definition) is 0. The van der Waals surface area contributed by atoms with Crippen molar-refractivity contribution in [1.29, 1.82) is 0 Å². The van der Waals surface area contributed by atoms with Crippen LogP contribution in [0.1, 0.15) is 0 Å². The number of piperazine rings is 1. The minimum Gasteiger partial charge on any atom is -0.353 e. The van der Waals surface area contributed by atoms with Crippen LogP contribution in [0.5, 0.6) is 0 Å². The SMILES string of the molecule is O=C(Cn1nc(-c2ccc(Br)cc2)ccc1=O)N1CCN(c2ccccn2)CC1. The Labute approximate surface area is 176 Å². The molecule has 1 aliphatic heterocycles. The topological polar surface area (TPSA) is 71.3 Å². The Morgan fingerprint density at radius 3 is 2.41 bits per heavy atom. The largest absolute Gasteiger partial charge is 0.353 e. The van der Waals surface area contributed by atoms with E-state index in [9.17, 15) is 9.59 Å². The van der Waals surface area contributed by atoms with Crippen LogP contribution >= 0.6 is 15.9 Å². The Morgan fingerprint density at radius 1 is 0.966 bits per heavy atom. The average molecular weight is 454 g/mol. The standard InChI is InChI=1S/C21H20BrN5O2/c22-17-6-4-16(5-7-17)18-8-9-20(28)27(24-18)15-21(29)26-13-11-25(12-14-26)19-3-1-2-10-23-19/h1-10H,11-15H2. The Kier molecular flexibility index (Phi) is 5.71. The fourth-order valence-corrected chi connectivity index (χ4v) is 3.56. The summed E-state index contributed by atoms with van der Waals surface area (Å²) in [6, 6.07) is 16.6. The number of hydrogen-bond acceptors (Lipinski definition) is 5. The van der Waals surface area contributed by atoms with Crippen LogP contribution in [-0.4, -0.2) is 51.8 Å². The summed E-state index contributed by atoms with van der Waals surface area (Å²) >= 11 is 3.41. The third-order valence-corrected chi connectivity index (χ3v) is 5.43. The smallest absolute Gasteiger partial charge is 0.267 e.